The molecular formula is C19H33N. The van der Waals surface area contributed by atoms with Crippen LogP contribution < -0.4 is 5.32 Å². The van der Waals surface area contributed by atoms with Crippen molar-refractivity contribution in [1.82, 2.24) is 5.32 Å². The average Bonchev–Trinajstić information content (AvgIpc) is 2.46. The maximum Gasteiger partial charge on any atom is 0.00777 e. The van der Waals surface area contributed by atoms with Crippen LogP contribution in [0.2, 0.25) is 0 Å². The van der Waals surface area contributed by atoms with Gasteiger partial charge in [-0.05, 0) is 36.8 Å². The molecule has 0 aliphatic rings. The van der Waals surface area contributed by atoms with Gasteiger partial charge >= 0.3 is 0 Å². The van der Waals surface area contributed by atoms with Crippen molar-refractivity contribution in [2.45, 2.75) is 59.3 Å². The number of nitrogens with one attached hydrogen (secondary N) is 1. The molecule has 20 heavy (non-hydrogen) atoms. The van der Waals surface area contributed by atoms with Gasteiger partial charge in [0.05, 0.1) is 0 Å². The largest absolute Gasteiger partial charge is 0.316 e. The summed E-state index contributed by atoms with van der Waals surface area (Å²) < 4.78 is 0. The van der Waals surface area contributed by atoms with Crippen molar-refractivity contribution in [2.24, 2.45) is 11.8 Å². The van der Waals surface area contributed by atoms with E-state index in [2.05, 4.69) is 70.3 Å². The van der Waals surface area contributed by atoms with Gasteiger partial charge in [-0.2, -0.15) is 0 Å². The number of benzene rings is 1. The molecule has 114 valence electrons. The highest BCUT2D eigenvalue weighted by Crippen LogP contribution is 2.35. The lowest BCUT2D eigenvalue weighted by atomic mass is 9.71. The molecular weight excluding hydrogens is 242 g/mol. The topological polar surface area (TPSA) is 12.0 Å². The van der Waals surface area contributed by atoms with Crippen molar-refractivity contribution >= 4 is 0 Å². The van der Waals surface area contributed by atoms with Crippen LogP contribution >= 0.6 is 0 Å². The Morgan fingerprint density at radius 1 is 1.05 bits per heavy atom. The summed E-state index contributed by atoms with van der Waals surface area (Å²) in [7, 11) is 0. The molecule has 1 aromatic carbocycles. The fourth-order valence-electron chi connectivity index (χ4n) is 2.97. The van der Waals surface area contributed by atoms with E-state index in [-0.39, 0.29) is 5.41 Å². The Balaban J connectivity index is 2.90. The van der Waals surface area contributed by atoms with E-state index in [1.54, 1.807) is 0 Å². The minimum atomic E-state index is 0.283. The normalized spacial score (nSPS) is 16.1. The van der Waals surface area contributed by atoms with E-state index < -0.39 is 0 Å². The molecule has 0 saturated heterocycles. The monoisotopic (exact) mass is 275 g/mol. The summed E-state index contributed by atoms with van der Waals surface area (Å²) in [6.07, 6.45) is 3.74. The number of hydrogen-bond acceptors (Lipinski definition) is 1. The summed E-state index contributed by atoms with van der Waals surface area (Å²) in [5, 5.41) is 3.70. The third-order valence-corrected chi connectivity index (χ3v) is 4.52. The lowest BCUT2D eigenvalue weighted by Crippen LogP contribution is -2.40. The lowest BCUT2D eigenvalue weighted by Gasteiger charge is -2.36. The molecule has 0 amide bonds. The van der Waals surface area contributed by atoms with E-state index in [0.717, 1.165) is 19.0 Å². The number of hydrogen-bond donors (Lipinski definition) is 1. The molecule has 0 aromatic heterocycles. The first-order valence-corrected chi connectivity index (χ1v) is 8.30. The number of rotatable bonds is 9. The molecule has 0 bridgehead atoms. The molecule has 0 aliphatic heterocycles. The van der Waals surface area contributed by atoms with Crippen molar-refractivity contribution in [3.63, 3.8) is 0 Å². The van der Waals surface area contributed by atoms with Gasteiger partial charge in [-0.15, -0.1) is 0 Å². The zero-order valence-corrected chi connectivity index (χ0v) is 14.1. The van der Waals surface area contributed by atoms with Crippen LogP contribution in [0, 0.1) is 11.8 Å². The Bertz CT molecular complexity index is 357. The summed E-state index contributed by atoms with van der Waals surface area (Å²) in [6, 6.07) is 11.1. The molecule has 1 nitrogen and oxygen atoms in total. The minimum Gasteiger partial charge on any atom is -0.316 e. The van der Waals surface area contributed by atoms with E-state index in [9.17, 15) is 0 Å². The van der Waals surface area contributed by atoms with Crippen LogP contribution in [-0.2, 0) is 5.41 Å². The maximum atomic E-state index is 3.70. The van der Waals surface area contributed by atoms with Gasteiger partial charge in [0.2, 0.25) is 0 Å². The molecule has 0 radical (unpaired) electrons. The molecule has 0 fully saturated rings. The van der Waals surface area contributed by atoms with Gasteiger partial charge in [0.25, 0.3) is 0 Å². The van der Waals surface area contributed by atoms with E-state index in [1.807, 2.05) is 0 Å². The Hall–Kier alpha value is -0.820. The van der Waals surface area contributed by atoms with E-state index in [0.29, 0.717) is 5.92 Å². The van der Waals surface area contributed by atoms with E-state index >= 15 is 0 Å². The van der Waals surface area contributed by atoms with Crippen LogP contribution in [0.25, 0.3) is 0 Å². The third-order valence-electron chi connectivity index (χ3n) is 4.52. The van der Waals surface area contributed by atoms with Gasteiger partial charge in [0.1, 0.15) is 0 Å². The molecule has 1 N–H and O–H groups in total. The Kier molecular flexibility index (Phi) is 7.29. The van der Waals surface area contributed by atoms with Crippen LogP contribution in [0.4, 0.5) is 0 Å². The van der Waals surface area contributed by atoms with Crippen LogP contribution in [0.5, 0.6) is 0 Å². The Morgan fingerprint density at radius 3 is 2.20 bits per heavy atom. The van der Waals surface area contributed by atoms with Crippen molar-refractivity contribution < 1.29 is 0 Å². The third kappa shape index (κ3) is 4.94. The first-order chi connectivity index (χ1) is 9.54. The quantitative estimate of drug-likeness (QED) is 0.667. The van der Waals surface area contributed by atoms with Gasteiger partial charge < -0.3 is 5.32 Å². The van der Waals surface area contributed by atoms with E-state index in [4.69, 9.17) is 0 Å². The highest BCUT2D eigenvalue weighted by atomic mass is 14.9. The average molecular weight is 275 g/mol. The first kappa shape index (κ1) is 17.2. The van der Waals surface area contributed by atoms with Crippen molar-refractivity contribution in [3.05, 3.63) is 35.9 Å². The van der Waals surface area contributed by atoms with Crippen molar-refractivity contribution in [1.29, 1.82) is 0 Å². The second-order valence-electron chi connectivity index (χ2n) is 6.74. The van der Waals surface area contributed by atoms with Crippen molar-refractivity contribution in [3.8, 4) is 0 Å². The molecule has 1 heteroatoms. The van der Waals surface area contributed by atoms with Gasteiger partial charge in [0.15, 0.2) is 0 Å². The smallest absolute Gasteiger partial charge is 0.00777 e. The molecule has 2 atom stereocenters. The fourth-order valence-corrected chi connectivity index (χ4v) is 2.97. The molecule has 0 heterocycles. The van der Waals surface area contributed by atoms with Crippen LogP contribution in [-0.4, -0.2) is 13.1 Å². The van der Waals surface area contributed by atoms with Gasteiger partial charge in [-0.1, -0.05) is 71.4 Å². The zero-order chi connectivity index (χ0) is 15.0. The first-order valence-electron chi connectivity index (χ1n) is 8.30. The zero-order valence-electron chi connectivity index (χ0n) is 14.1. The van der Waals surface area contributed by atoms with Crippen LogP contribution in [0.15, 0.2) is 30.3 Å². The van der Waals surface area contributed by atoms with Crippen LogP contribution in [0.1, 0.15) is 59.4 Å². The van der Waals surface area contributed by atoms with Gasteiger partial charge in [-0.3, -0.25) is 0 Å². The SMILES string of the molecule is CCC(C)CC(CC)(CNCC(C)C)c1ccccc1. The molecule has 0 aliphatic carbocycles. The molecule has 2 unspecified atom stereocenters. The molecule has 1 aromatic rings. The summed E-state index contributed by atoms with van der Waals surface area (Å²) in [5.74, 6) is 1.49. The molecule has 1 rings (SSSR count). The lowest BCUT2D eigenvalue weighted by molar-refractivity contribution is 0.292. The van der Waals surface area contributed by atoms with Gasteiger partial charge in [-0.25, -0.2) is 0 Å². The molecule has 0 spiro atoms. The predicted molar refractivity (Wildman–Crippen MR) is 90.2 cm³/mol. The highest BCUT2D eigenvalue weighted by Gasteiger charge is 2.31. The second-order valence-corrected chi connectivity index (χ2v) is 6.74. The van der Waals surface area contributed by atoms with Crippen molar-refractivity contribution in [2.75, 3.05) is 13.1 Å². The maximum absolute atomic E-state index is 3.70. The highest BCUT2D eigenvalue weighted by molar-refractivity contribution is 5.26. The van der Waals surface area contributed by atoms with Crippen LogP contribution in [0.3, 0.4) is 0 Å². The van der Waals surface area contributed by atoms with E-state index in [1.165, 1.54) is 24.8 Å². The summed E-state index contributed by atoms with van der Waals surface area (Å²) in [5.41, 5.74) is 1.78. The summed E-state index contributed by atoms with van der Waals surface area (Å²) >= 11 is 0. The second kappa shape index (κ2) is 8.46. The minimum absolute atomic E-state index is 0.283. The Labute approximate surface area is 126 Å². The standard InChI is InChI=1S/C19H33N/c1-6-17(5)13-19(7-2,15-20-14-16(3)4)18-11-9-8-10-12-18/h8-12,16-17,20H,6-7,13-15H2,1-5H3. The Morgan fingerprint density at radius 2 is 1.70 bits per heavy atom. The summed E-state index contributed by atoms with van der Waals surface area (Å²) in [4.78, 5) is 0. The fraction of sp³-hybridized carbons (Fsp3) is 0.684. The predicted octanol–water partition coefficient (Wildman–Crippen LogP) is 5.02. The molecule has 0 saturated carbocycles. The van der Waals surface area contributed by atoms with Gasteiger partial charge in [0, 0.05) is 12.0 Å². The summed E-state index contributed by atoms with van der Waals surface area (Å²) in [6.45, 7) is 13.8.